The third kappa shape index (κ3) is 6.81. The Labute approximate surface area is 121 Å². The second-order valence-electron chi connectivity index (χ2n) is 4.22. The summed E-state index contributed by atoms with van der Waals surface area (Å²) in [6.45, 7) is 2.51. The Bertz CT molecular complexity index is 370. The number of nitrogens with one attached hydrogen (secondary N) is 1. The first-order chi connectivity index (χ1) is 7.49. The smallest absolute Gasteiger partial charge is 0.240 e. The highest BCUT2D eigenvalue weighted by Gasteiger charge is 2.07. The molecule has 0 aliphatic rings. The fourth-order valence-electron chi connectivity index (χ4n) is 1.37. The molecule has 104 valence electrons. The van der Waals surface area contributed by atoms with E-state index in [1.54, 1.807) is 6.92 Å². The van der Waals surface area contributed by atoms with Crippen LogP contribution >= 0.6 is 24.8 Å². The minimum Gasteiger partial charge on any atom is -0.325 e. The molecule has 18 heavy (non-hydrogen) atoms. The van der Waals surface area contributed by atoms with Crippen molar-refractivity contribution in [2.24, 2.45) is 5.73 Å². The van der Waals surface area contributed by atoms with Gasteiger partial charge in [-0.25, -0.2) is 0 Å². The van der Waals surface area contributed by atoms with E-state index in [2.05, 4.69) is 10.2 Å². The van der Waals surface area contributed by atoms with Gasteiger partial charge in [-0.2, -0.15) is 0 Å². The summed E-state index contributed by atoms with van der Waals surface area (Å²) < 4.78 is 0. The molecule has 0 spiro atoms. The Morgan fingerprint density at radius 2 is 2.00 bits per heavy atom. The lowest BCUT2D eigenvalue weighted by molar-refractivity contribution is -0.117. The number of hydrogen-bond acceptors (Lipinski definition) is 3. The zero-order chi connectivity index (χ0) is 12.1. The lowest BCUT2D eigenvalue weighted by Crippen LogP contribution is -2.32. The second-order valence-corrected chi connectivity index (χ2v) is 4.22. The highest BCUT2D eigenvalue weighted by atomic mass is 35.5. The number of nitrogens with zero attached hydrogens (tertiary/aromatic N) is 1. The maximum absolute atomic E-state index is 11.4. The van der Waals surface area contributed by atoms with E-state index in [0.717, 1.165) is 17.8 Å². The molecule has 1 rings (SSSR count). The highest BCUT2D eigenvalue weighted by Crippen LogP contribution is 2.11. The van der Waals surface area contributed by atoms with E-state index < -0.39 is 6.04 Å². The molecule has 1 aromatic rings. The molecule has 3 N–H and O–H groups in total. The molecule has 4 nitrogen and oxygen atoms in total. The first-order valence-electron chi connectivity index (χ1n) is 5.29. The van der Waals surface area contributed by atoms with E-state index in [9.17, 15) is 4.79 Å². The molecular formula is C12H21Cl2N3O. The molecule has 1 amide bonds. The molecule has 0 unspecified atom stereocenters. The second kappa shape index (κ2) is 9.16. The average Bonchev–Trinajstić information content (AvgIpc) is 2.16. The van der Waals surface area contributed by atoms with Gasteiger partial charge in [0.2, 0.25) is 5.91 Å². The molecular weight excluding hydrogens is 273 g/mol. The van der Waals surface area contributed by atoms with Crippen molar-refractivity contribution in [1.82, 2.24) is 4.90 Å². The maximum Gasteiger partial charge on any atom is 0.240 e. The zero-order valence-electron chi connectivity index (χ0n) is 10.8. The Balaban J connectivity index is 0. The summed E-state index contributed by atoms with van der Waals surface area (Å²) in [6.07, 6.45) is 0. The monoisotopic (exact) mass is 293 g/mol. The minimum absolute atomic E-state index is 0. The number of rotatable bonds is 4. The summed E-state index contributed by atoms with van der Waals surface area (Å²) in [5.41, 5.74) is 7.44. The molecule has 0 aliphatic heterocycles. The third-order valence-electron chi connectivity index (χ3n) is 2.11. The molecule has 1 atom stereocenters. The van der Waals surface area contributed by atoms with Gasteiger partial charge in [-0.3, -0.25) is 4.79 Å². The van der Waals surface area contributed by atoms with Crippen molar-refractivity contribution in [3.63, 3.8) is 0 Å². The van der Waals surface area contributed by atoms with Crippen LogP contribution in [0.1, 0.15) is 12.5 Å². The lowest BCUT2D eigenvalue weighted by atomic mass is 10.2. The number of anilines is 1. The third-order valence-corrected chi connectivity index (χ3v) is 2.11. The van der Waals surface area contributed by atoms with Gasteiger partial charge in [0.05, 0.1) is 6.04 Å². The molecule has 0 saturated heterocycles. The fraction of sp³-hybridized carbons (Fsp3) is 0.417. The van der Waals surface area contributed by atoms with Crippen molar-refractivity contribution in [2.75, 3.05) is 19.4 Å². The van der Waals surface area contributed by atoms with Gasteiger partial charge < -0.3 is 16.0 Å². The number of halogens is 2. The van der Waals surface area contributed by atoms with Gasteiger partial charge in [0, 0.05) is 12.2 Å². The first kappa shape index (κ1) is 19.5. The van der Waals surface area contributed by atoms with E-state index >= 15 is 0 Å². The molecule has 0 fully saturated rings. The highest BCUT2D eigenvalue weighted by molar-refractivity contribution is 5.94. The Hall–Kier alpha value is -0.810. The van der Waals surface area contributed by atoms with Crippen molar-refractivity contribution in [1.29, 1.82) is 0 Å². The number of hydrogen-bond donors (Lipinski definition) is 2. The summed E-state index contributed by atoms with van der Waals surface area (Å²) in [6, 6.07) is 7.29. The predicted octanol–water partition coefficient (Wildman–Crippen LogP) is 1.88. The summed E-state index contributed by atoms with van der Waals surface area (Å²) in [5.74, 6) is -0.165. The summed E-state index contributed by atoms with van der Waals surface area (Å²) in [7, 11) is 4.01. The SMILES string of the molecule is C[C@@H](N)C(=O)Nc1cccc(CN(C)C)c1.Cl.Cl. The van der Waals surface area contributed by atoms with Gasteiger partial charge in [-0.05, 0) is 38.7 Å². The van der Waals surface area contributed by atoms with E-state index in [1.165, 1.54) is 0 Å². The van der Waals surface area contributed by atoms with Crippen LogP contribution in [-0.2, 0) is 11.3 Å². The average molecular weight is 294 g/mol. The summed E-state index contributed by atoms with van der Waals surface area (Å²) in [5, 5.41) is 2.77. The van der Waals surface area contributed by atoms with Crippen LogP contribution in [-0.4, -0.2) is 30.9 Å². The maximum atomic E-state index is 11.4. The van der Waals surface area contributed by atoms with Crippen LogP contribution in [0.4, 0.5) is 5.69 Å². The number of amides is 1. The van der Waals surface area contributed by atoms with Gasteiger partial charge in [-0.15, -0.1) is 24.8 Å². The van der Waals surface area contributed by atoms with E-state index in [0.29, 0.717) is 0 Å². The van der Waals surface area contributed by atoms with E-state index in [-0.39, 0.29) is 30.7 Å². The summed E-state index contributed by atoms with van der Waals surface area (Å²) >= 11 is 0. The normalized spacial score (nSPS) is 11.2. The molecule has 1 aromatic carbocycles. The Morgan fingerprint density at radius 3 is 2.50 bits per heavy atom. The van der Waals surface area contributed by atoms with Crippen molar-refractivity contribution in [3.05, 3.63) is 29.8 Å². The standard InChI is InChI=1S/C12H19N3O.2ClH/c1-9(13)12(16)14-11-6-4-5-10(7-11)8-15(2)3;;/h4-7,9H,8,13H2,1-3H3,(H,14,16);2*1H/t9-;;/m1../s1. The Kier molecular flexibility index (Phi) is 9.94. The summed E-state index contributed by atoms with van der Waals surface area (Å²) in [4.78, 5) is 13.5. The molecule has 0 radical (unpaired) electrons. The predicted molar refractivity (Wildman–Crippen MR) is 80.6 cm³/mol. The van der Waals surface area contributed by atoms with Crippen LogP contribution in [0, 0.1) is 0 Å². The van der Waals surface area contributed by atoms with Gasteiger partial charge in [0.25, 0.3) is 0 Å². The van der Waals surface area contributed by atoms with Gasteiger partial charge in [-0.1, -0.05) is 12.1 Å². The van der Waals surface area contributed by atoms with Gasteiger partial charge >= 0.3 is 0 Å². The van der Waals surface area contributed by atoms with Crippen molar-refractivity contribution >= 4 is 36.4 Å². The number of nitrogens with two attached hydrogens (primary N) is 1. The first-order valence-corrected chi connectivity index (χ1v) is 5.29. The topological polar surface area (TPSA) is 58.4 Å². The largest absolute Gasteiger partial charge is 0.325 e. The van der Waals surface area contributed by atoms with Gasteiger partial charge in [0.15, 0.2) is 0 Å². The molecule has 0 bridgehead atoms. The molecule has 0 aromatic heterocycles. The number of carbonyl (C=O) groups is 1. The van der Waals surface area contributed by atoms with Crippen LogP contribution in [0.15, 0.2) is 24.3 Å². The van der Waals surface area contributed by atoms with Crippen LogP contribution in [0.25, 0.3) is 0 Å². The quantitative estimate of drug-likeness (QED) is 0.891. The van der Waals surface area contributed by atoms with Crippen molar-refractivity contribution in [3.8, 4) is 0 Å². The van der Waals surface area contributed by atoms with Crippen LogP contribution in [0.2, 0.25) is 0 Å². The molecule has 0 aliphatic carbocycles. The molecule has 0 heterocycles. The number of benzene rings is 1. The Morgan fingerprint density at radius 1 is 1.39 bits per heavy atom. The van der Waals surface area contributed by atoms with Crippen molar-refractivity contribution in [2.45, 2.75) is 19.5 Å². The minimum atomic E-state index is -0.488. The van der Waals surface area contributed by atoms with Crippen molar-refractivity contribution < 1.29 is 4.79 Å². The number of carbonyl (C=O) groups excluding carboxylic acids is 1. The lowest BCUT2D eigenvalue weighted by Gasteiger charge is -2.12. The van der Waals surface area contributed by atoms with Crippen LogP contribution in [0.5, 0.6) is 0 Å². The van der Waals surface area contributed by atoms with E-state index in [4.69, 9.17) is 5.73 Å². The zero-order valence-corrected chi connectivity index (χ0v) is 12.5. The fourth-order valence-corrected chi connectivity index (χ4v) is 1.37. The molecule has 0 saturated carbocycles. The van der Waals surface area contributed by atoms with E-state index in [1.807, 2.05) is 38.4 Å². The van der Waals surface area contributed by atoms with Crippen LogP contribution in [0.3, 0.4) is 0 Å². The van der Waals surface area contributed by atoms with Crippen LogP contribution < -0.4 is 11.1 Å². The molecule has 6 heteroatoms. The van der Waals surface area contributed by atoms with Gasteiger partial charge in [0.1, 0.15) is 0 Å².